The lowest BCUT2D eigenvalue weighted by atomic mass is 9.94. The fraction of sp³-hybridized carbons (Fsp3) is 0.929. The minimum absolute atomic E-state index is 0.107. The molecule has 96 valence electrons. The van der Waals surface area contributed by atoms with Crippen LogP contribution < -0.4 is 0 Å². The summed E-state index contributed by atoms with van der Waals surface area (Å²) in [4.78, 5) is 2.49. The van der Waals surface area contributed by atoms with Gasteiger partial charge in [0.15, 0.2) is 0 Å². The molecule has 2 fully saturated rings. The summed E-state index contributed by atoms with van der Waals surface area (Å²) in [7, 11) is 0. The van der Waals surface area contributed by atoms with Crippen LogP contribution in [0.1, 0.15) is 47.0 Å². The molecule has 1 saturated heterocycles. The van der Waals surface area contributed by atoms with Gasteiger partial charge >= 0.3 is 0 Å². The van der Waals surface area contributed by atoms with Crippen molar-refractivity contribution in [2.45, 2.75) is 64.2 Å². The molecule has 0 spiro atoms. The molecule has 1 aliphatic heterocycles. The van der Waals surface area contributed by atoms with Gasteiger partial charge in [0.05, 0.1) is 23.2 Å². The summed E-state index contributed by atoms with van der Waals surface area (Å²) in [6.07, 6.45) is 3.44. The number of hydrogen-bond donors (Lipinski definition) is 0. The van der Waals surface area contributed by atoms with Crippen molar-refractivity contribution in [3.05, 3.63) is 0 Å². The van der Waals surface area contributed by atoms with Crippen LogP contribution in [0.3, 0.4) is 0 Å². The van der Waals surface area contributed by atoms with Crippen molar-refractivity contribution in [3.63, 3.8) is 0 Å². The Balaban J connectivity index is 2.13. The molecule has 1 aliphatic carbocycles. The first kappa shape index (κ1) is 12.9. The number of nitriles is 1. The van der Waals surface area contributed by atoms with E-state index < -0.39 is 0 Å². The van der Waals surface area contributed by atoms with Crippen molar-refractivity contribution in [2.75, 3.05) is 13.1 Å². The number of ether oxygens (including phenoxy) is 1. The van der Waals surface area contributed by atoms with E-state index in [0.717, 1.165) is 19.5 Å². The SMILES string of the molecule is CC1(C)CN(C2CCCC2C#N)CC(C)(C)O1. The highest BCUT2D eigenvalue weighted by Crippen LogP contribution is 2.36. The van der Waals surface area contributed by atoms with E-state index in [4.69, 9.17) is 4.74 Å². The van der Waals surface area contributed by atoms with Crippen molar-refractivity contribution in [1.29, 1.82) is 5.26 Å². The third kappa shape index (κ3) is 2.81. The fourth-order valence-electron chi connectivity index (χ4n) is 3.61. The lowest BCUT2D eigenvalue weighted by molar-refractivity contribution is -0.188. The van der Waals surface area contributed by atoms with Crippen LogP contribution in [0.4, 0.5) is 0 Å². The van der Waals surface area contributed by atoms with Gasteiger partial charge in [-0.2, -0.15) is 5.26 Å². The van der Waals surface area contributed by atoms with Gasteiger partial charge in [-0.3, -0.25) is 4.90 Å². The lowest BCUT2D eigenvalue weighted by Crippen LogP contribution is -2.60. The van der Waals surface area contributed by atoms with Crippen LogP contribution in [0.2, 0.25) is 0 Å². The average Bonchev–Trinajstić information content (AvgIpc) is 2.59. The zero-order chi connectivity index (χ0) is 12.7. The molecule has 0 aromatic heterocycles. The summed E-state index contributed by atoms with van der Waals surface area (Å²) in [5, 5.41) is 9.22. The minimum Gasteiger partial charge on any atom is -0.367 e. The van der Waals surface area contributed by atoms with Gasteiger partial charge in [0.1, 0.15) is 0 Å². The highest BCUT2D eigenvalue weighted by molar-refractivity contribution is 5.01. The lowest BCUT2D eigenvalue weighted by Gasteiger charge is -2.49. The summed E-state index contributed by atoms with van der Waals surface area (Å²) in [6, 6.07) is 2.93. The molecule has 2 atom stereocenters. The van der Waals surface area contributed by atoms with Gasteiger partial charge in [-0.25, -0.2) is 0 Å². The topological polar surface area (TPSA) is 36.3 Å². The Hall–Kier alpha value is -0.590. The number of hydrogen-bond acceptors (Lipinski definition) is 3. The van der Waals surface area contributed by atoms with Gasteiger partial charge < -0.3 is 4.74 Å². The molecule has 3 nitrogen and oxygen atoms in total. The van der Waals surface area contributed by atoms with Gasteiger partial charge in [0, 0.05) is 19.1 Å². The minimum atomic E-state index is -0.107. The van der Waals surface area contributed by atoms with E-state index in [0.29, 0.717) is 6.04 Å². The molecular formula is C14H24N2O. The number of morpholine rings is 1. The molecule has 1 heterocycles. The van der Waals surface area contributed by atoms with Crippen LogP contribution >= 0.6 is 0 Å². The summed E-state index contributed by atoms with van der Waals surface area (Å²) in [6.45, 7) is 10.5. The van der Waals surface area contributed by atoms with Crippen LogP contribution in [0, 0.1) is 17.2 Å². The maximum absolute atomic E-state index is 9.22. The van der Waals surface area contributed by atoms with E-state index in [2.05, 4.69) is 38.7 Å². The Kier molecular flexibility index (Phi) is 3.22. The largest absolute Gasteiger partial charge is 0.367 e. The second-order valence-corrected chi connectivity index (χ2v) is 6.76. The fourth-order valence-corrected chi connectivity index (χ4v) is 3.61. The molecule has 0 N–H and O–H groups in total. The molecule has 2 unspecified atom stereocenters. The van der Waals surface area contributed by atoms with E-state index in [9.17, 15) is 5.26 Å². The third-order valence-corrected chi connectivity index (χ3v) is 3.83. The van der Waals surface area contributed by atoms with E-state index in [1.54, 1.807) is 0 Å². The molecule has 0 amide bonds. The Morgan fingerprint density at radius 1 is 1.12 bits per heavy atom. The summed E-state index contributed by atoms with van der Waals surface area (Å²) in [5.74, 6) is 0.222. The Morgan fingerprint density at radius 3 is 2.24 bits per heavy atom. The first-order chi connectivity index (χ1) is 7.83. The molecule has 0 aromatic rings. The van der Waals surface area contributed by atoms with Crippen LogP contribution in [0.5, 0.6) is 0 Å². The predicted molar refractivity (Wildman–Crippen MR) is 67.6 cm³/mol. The second-order valence-electron chi connectivity index (χ2n) is 6.76. The first-order valence-electron chi connectivity index (χ1n) is 6.67. The van der Waals surface area contributed by atoms with Crippen molar-refractivity contribution in [1.82, 2.24) is 4.90 Å². The quantitative estimate of drug-likeness (QED) is 0.702. The molecule has 2 rings (SSSR count). The molecular weight excluding hydrogens is 212 g/mol. The van der Waals surface area contributed by atoms with Gasteiger partial charge in [-0.1, -0.05) is 6.42 Å². The van der Waals surface area contributed by atoms with Gasteiger partial charge in [-0.05, 0) is 40.5 Å². The summed E-state index contributed by atoms with van der Waals surface area (Å²) in [5.41, 5.74) is -0.214. The van der Waals surface area contributed by atoms with Crippen LogP contribution in [-0.2, 0) is 4.74 Å². The normalized spacial score (nSPS) is 36.6. The van der Waals surface area contributed by atoms with Crippen LogP contribution in [0.15, 0.2) is 0 Å². The van der Waals surface area contributed by atoms with E-state index >= 15 is 0 Å². The predicted octanol–water partition coefficient (Wildman–Crippen LogP) is 2.57. The smallest absolute Gasteiger partial charge is 0.0760 e. The molecule has 0 radical (unpaired) electrons. The maximum Gasteiger partial charge on any atom is 0.0760 e. The summed E-state index contributed by atoms with van der Waals surface area (Å²) < 4.78 is 6.10. The third-order valence-electron chi connectivity index (χ3n) is 3.83. The average molecular weight is 236 g/mol. The Morgan fingerprint density at radius 2 is 1.71 bits per heavy atom. The highest BCUT2D eigenvalue weighted by Gasteiger charge is 2.43. The Labute approximate surface area is 105 Å². The monoisotopic (exact) mass is 236 g/mol. The highest BCUT2D eigenvalue weighted by atomic mass is 16.5. The maximum atomic E-state index is 9.22. The zero-order valence-electron chi connectivity index (χ0n) is 11.5. The van der Waals surface area contributed by atoms with Gasteiger partial charge in [0.25, 0.3) is 0 Å². The van der Waals surface area contributed by atoms with E-state index in [1.807, 2.05) is 0 Å². The number of rotatable bonds is 1. The van der Waals surface area contributed by atoms with E-state index in [-0.39, 0.29) is 17.1 Å². The Bertz CT molecular complexity index is 314. The van der Waals surface area contributed by atoms with Crippen molar-refractivity contribution in [2.24, 2.45) is 5.92 Å². The van der Waals surface area contributed by atoms with Crippen molar-refractivity contribution >= 4 is 0 Å². The summed E-state index contributed by atoms with van der Waals surface area (Å²) >= 11 is 0. The molecule has 17 heavy (non-hydrogen) atoms. The van der Waals surface area contributed by atoms with Crippen molar-refractivity contribution in [3.8, 4) is 6.07 Å². The number of nitrogens with zero attached hydrogens (tertiary/aromatic N) is 2. The van der Waals surface area contributed by atoms with Crippen LogP contribution in [0.25, 0.3) is 0 Å². The van der Waals surface area contributed by atoms with Gasteiger partial charge in [-0.15, -0.1) is 0 Å². The van der Waals surface area contributed by atoms with Gasteiger partial charge in [0.2, 0.25) is 0 Å². The van der Waals surface area contributed by atoms with Crippen LogP contribution in [-0.4, -0.2) is 35.2 Å². The molecule has 2 aliphatic rings. The molecule has 3 heteroatoms. The van der Waals surface area contributed by atoms with E-state index in [1.165, 1.54) is 12.8 Å². The molecule has 1 saturated carbocycles. The molecule has 0 bridgehead atoms. The second kappa shape index (κ2) is 4.26. The molecule has 0 aromatic carbocycles. The standard InChI is InChI=1S/C14H24N2O/c1-13(2)9-16(10-14(3,4)17-13)12-7-5-6-11(12)8-15/h11-12H,5-7,9-10H2,1-4H3. The zero-order valence-corrected chi connectivity index (χ0v) is 11.5. The van der Waals surface area contributed by atoms with Crippen molar-refractivity contribution < 1.29 is 4.74 Å². The first-order valence-corrected chi connectivity index (χ1v) is 6.67.